The van der Waals surface area contributed by atoms with Crippen molar-refractivity contribution in [2.24, 2.45) is 0 Å². The molecule has 1 unspecified atom stereocenters. The van der Waals surface area contributed by atoms with Crippen LogP contribution in [0, 0.1) is 0 Å². The lowest BCUT2D eigenvalue weighted by molar-refractivity contribution is 0.0491. The molecule has 0 spiro atoms. The molecule has 0 fully saturated rings. The summed E-state index contributed by atoms with van der Waals surface area (Å²) in [6, 6.07) is -0.0298. The van der Waals surface area contributed by atoms with Crippen LogP contribution in [-0.2, 0) is 22.3 Å². The summed E-state index contributed by atoms with van der Waals surface area (Å²) in [5.41, 5.74) is 1.60. The second-order valence-electron chi connectivity index (χ2n) is 6.34. The van der Waals surface area contributed by atoms with E-state index in [9.17, 15) is 9.59 Å². The Kier molecular flexibility index (Phi) is 4.73. The highest BCUT2D eigenvalue weighted by atomic mass is 16.6. The smallest absolute Gasteiger partial charge is 0.407 e. The van der Waals surface area contributed by atoms with Crippen LogP contribution in [0.5, 0.6) is 0 Å². The molecule has 1 amide bonds. The number of aromatic nitrogens is 2. The third-order valence-corrected chi connectivity index (χ3v) is 3.34. The van der Waals surface area contributed by atoms with E-state index < -0.39 is 17.7 Å². The predicted molar refractivity (Wildman–Crippen MR) is 79.7 cm³/mol. The Morgan fingerprint density at radius 2 is 2.14 bits per heavy atom. The number of H-pyrrole nitrogens is 1. The van der Waals surface area contributed by atoms with Crippen molar-refractivity contribution in [3.63, 3.8) is 0 Å². The first kappa shape index (κ1) is 16.3. The van der Waals surface area contributed by atoms with Crippen molar-refractivity contribution >= 4 is 12.1 Å². The van der Waals surface area contributed by atoms with E-state index in [-0.39, 0.29) is 6.04 Å². The number of hydrogen-bond acceptors (Lipinski definition) is 5. The summed E-state index contributed by atoms with van der Waals surface area (Å²) in [7, 11) is 0. The van der Waals surface area contributed by atoms with E-state index >= 15 is 0 Å². The average molecular weight is 309 g/mol. The highest BCUT2D eigenvalue weighted by Gasteiger charge is 2.28. The topological polar surface area (TPSA) is 93.3 Å². The van der Waals surface area contributed by atoms with Crippen molar-refractivity contribution in [3.8, 4) is 0 Å². The number of rotatable bonds is 3. The Balaban J connectivity index is 1.98. The number of esters is 1. The van der Waals surface area contributed by atoms with Crippen molar-refractivity contribution in [2.45, 2.75) is 58.6 Å². The zero-order valence-corrected chi connectivity index (χ0v) is 13.5. The van der Waals surface area contributed by atoms with E-state index in [1.165, 1.54) is 0 Å². The van der Waals surface area contributed by atoms with Gasteiger partial charge in [0.05, 0.1) is 6.61 Å². The molecule has 0 radical (unpaired) electrons. The number of carbonyl (C=O) groups is 2. The van der Waals surface area contributed by atoms with Crippen molar-refractivity contribution in [1.29, 1.82) is 0 Å². The van der Waals surface area contributed by atoms with Gasteiger partial charge in [-0.1, -0.05) is 0 Å². The van der Waals surface area contributed by atoms with Crippen molar-refractivity contribution in [2.75, 3.05) is 6.61 Å². The number of hydrogen-bond donors (Lipinski definition) is 2. The molecule has 122 valence electrons. The molecule has 1 aliphatic rings. The summed E-state index contributed by atoms with van der Waals surface area (Å²) < 4.78 is 10.2. The molecule has 7 heteroatoms. The maximum atomic E-state index is 11.8. The van der Waals surface area contributed by atoms with Gasteiger partial charge in [0, 0.05) is 23.7 Å². The molecule has 7 nitrogen and oxygen atoms in total. The summed E-state index contributed by atoms with van der Waals surface area (Å²) in [5.74, 6) is -0.404. The van der Waals surface area contributed by atoms with Crippen molar-refractivity contribution in [3.05, 3.63) is 17.0 Å². The van der Waals surface area contributed by atoms with E-state index in [2.05, 4.69) is 15.5 Å². The Bertz CT molecular complexity index is 560. The molecule has 0 saturated carbocycles. The van der Waals surface area contributed by atoms with Crippen molar-refractivity contribution < 1.29 is 19.1 Å². The zero-order valence-electron chi connectivity index (χ0n) is 13.5. The molecule has 2 N–H and O–H groups in total. The predicted octanol–water partition coefficient (Wildman–Crippen LogP) is 1.97. The lowest BCUT2D eigenvalue weighted by Gasteiger charge is -2.26. The fourth-order valence-corrected chi connectivity index (χ4v) is 2.47. The quantitative estimate of drug-likeness (QED) is 0.833. The zero-order chi connectivity index (χ0) is 16.3. The number of carbonyl (C=O) groups excluding carboxylic acids is 2. The fraction of sp³-hybridized carbons (Fsp3) is 0.667. The van der Waals surface area contributed by atoms with Gasteiger partial charge in [0.1, 0.15) is 5.60 Å². The van der Waals surface area contributed by atoms with Crippen molar-refractivity contribution in [1.82, 2.24) is 15.5 Å². The molecule has 0 saturated heterocycles. The highest BCUT2D eigenvalue weighted by Crippen LogP contribution is 2.23. The number of alkyl carbamates (subject to hydrolysis) is 1. The van der Waals surface area contributed by atoms with Crippen LogP contribution in [0.3, 0.4) is 0 Å². The molecule has 1 aliphatic carbocycles. The third-order valence-electron chi connectivity index (χ3n) is 3.34. The maximum absolute atomic E-state index is 11.8. The van der Waals surface area contributed by atoms with Crippen LogP contribution in [-0.4, -0.2) is 40.5 Å². The first-order valence-corrected chi connectivity index (χ1v) is 7.53. The summed E-state index contributed by atoms with van der Waals surface area (Å²) >= 11 is 0. The summed E-state index contributed by atoms with van der Waals surface area (Å²) in [6.45, 7) is 7.56. The number of amides is 1. The minimum Gasteiger partial charge on any atom is -0.461 e. The lowest BCUT2D eigenvalue weighted by atomic mass is 9.92. The second kappa shape index (κ2) is 6.37. The van der Waals surface area contributed by atoms with Gasteiger partial charge in [-0.3, -0.25) is 5.10 Å². The number of ether oxygens (including phenoxy) is 2. The van der Waals surface area contributed by atoms with Gasteiger partial charge in [-0.2, -0.15) is 5.10 Å². The minimum atomic E-state index is -0.519. The van der Waals surface area contributed by atoms with Gasteiger partial charge in [0.2, 0.25) is 0 Å². The van der Waals surface area contributed by atoms with Crippen LogP contribution >= 0.6 is 0 Å². The maximum Gasteiger partial charge on any atom is 0.407 e. The third kappa shape index (κ3) is 3.99. The monoisotopic (exact) mass is 309 g/mol. The van der Waals surface area contributed by atoms with Gasteiger partial charge in [-0.15, -0.1) is 0 Å². The first-order valence-electron chi connectivity index (χ1n) is 7.53. The molecule has 0 aliphatic heterocycles. The molecule has 2 rings (SSSR count). The molecule has 1 atom stereocenters. The fourth-order valence-electron chi connectivity index (χ4n) is 2.47. The molecular formula is C15H23N3O4. The van der Waals surface area contributed by atoms with Crippen LogP contribution in [0.2, 0.25) is 0 Å². The van der Waals surface area contributed by atoms with Crippen LogP contribution in [0.25, 0.3) is 0 Å². The minimum absolute atomic E-state index is 0.0298. The number of nitrogens with one attached hydrogen (secondary N) is 2. The van der Waals surface area contributed by atoms with Crippen LogP contribution < -0.4 is 5.32 Å². The lowest BCUT2D eigenvalue weighted by Crippen LogP contribution is -2.42. The second-order valence-corrected chi connectivity index (χ2v) is 6.34. The average Bonchev–Trinajstić information content (AvgIpc) is 2.79. The number of aromatic amines is 1. The molecule has 1 aromatic heterocycles. The normalized spacial score (nSPS) is 17.5. The van der Waals surface area contributed by atoms with E-state index in [1.807, 2.05) is 20.8 Å². The largest absolute Gasteiger partial charge is 0.461 e. The van der Waals surface area contributed by atoms with Crippen LogP contribution in [0.1, 0.15) is 55.9 Å². The van der Waals surface area contributed by atoms with E-state index in [0.29, 0.717) is 25.1 Å². The SMILES string of the molecule is CCOC(=O)c1n[nH]c2c1CCC(NC(=O)OC(C)(C)C)C2. The summed E-state index contributed by atoms with van der Waals surface area (Å²) in [6.07, 6.45) is 1.57. The molecular weight excluding hydrogens is 286 g/mol. The molecule has 22 heavy (non-hydrogen) atoms. The van der Waals surface area contributed by atoms with E-state index in [0.717, 1.165) is 17.7 Å². The highest BCUT2D eigenvalue weighted by molar-refractivity contribution is 5.89. The molecule has 1 heterocycles. The molecule has 1 aromatic rings. The van der Waals surface area contributed by atoms with Gasteiger partial charge in [0.25, 0.3) is 0 Å². The molecule has 0 bridgehead atoms. The van der Waals surface area contributed by atoms with Gasteiger partial charge in [0.15, 0.2) is 5.69 Å². The number of fused-ring (bicyclic) bond motifs is 1. The first-order chi connectivity index (χ1) is 10.3. The van der Waals surface area contributed by atoms with Gasteiger partial charge >= 0.3 is 12.1 Å². The Morgan fingerprint density at radius 1 is 1.41 bits per heavy atom. The standard InChI is InChI=1S/C15H23N3O4/c1-5-21-13(19)12-10-7-6-9(8-11(10)17-18-12)16-14(20)22-15(2,3)4/h9H,5-8H2,1-4H3,(H,16,20)(H,17,18). The van der Waals surface area contributed by atoms with Crippen LogP contribution in [0.4, 0.5) is 4.79 Å². The number of nitrogens with zero attached hydrogens (tertiary/aromatic N) is 1. The Labute approximate surface area is 129 Å². The van der Waals surface area contributed by atoms with Gasteiger partial charge in [-0.05, 0) is 40.5 Å². The Morgan fingerprint density at radius 3 is 2.77 bits per heavy atom. The van der Waals surface area contributed by atoms with E-state index in [4.69, 9.17) is 9.47 Å². The van der Waals surface area contributed by atoms with Crippen LogP contribution in [0.15, 0.2) is 0 Å². The summed E-state index contributed by atoms with van der Waals surface area (Å²) in [4.78, 5) is 23.6. The van der Waals surface area contributed by atoms with Gasteiger partial charge in [-0.25, -0.2) is 9.59 Å². The Hall–Kier alpha value is -2.05. The summed E-state index contributed by atoms with van der Waals surface area (Å²) in [5, 5.41) is 9.77. The van der Waals surface area contributed by atoms with Gasteiger partial charge < -0.3 is 14.8 Å². The van der Waals surface area contributed by atoms with E-state index in [1.54, 1.807) is 6.92 Å². The molecule has 0 aromatic carbocycles.